The zero-order valence-electron chi connectivity index (χ0n) is 36.4. The molecule has 0 saturated heterocycles. The minimum atomic E-state index is -0.739. The van der Waals surface area contributed by atoms with E-state index in [-0.39, 0.29) is 26.5 Å². The minimum Gasteiger partial charge on any atom is -0.498 e. The normalized spacial score (nSPS) is 13.7. The third-order valence-electron chi connectivity index (χ3n) is 13.3. The number of benzene rings is 8. The molecule has 0 unspecified atom stereocenters. The van der Waals surface area contributed by atoms with Crippen molar-refractivity contribution in [3.63, 3.8) is 0 Å². The van der Waals surface area contributed by atoms with Crippen LogP contribution in [0, 0.1) is 18.8 Å². The largest absolute Gasteiger partial charge is 0.498 e. The summed E-state index contributed by atoms with van der Waals surface area (Å²) in [4.78, 5) is 9.72. The molecule has 0 radical (unpaired) electrons. The van der Waals surface area contributed by atoms with Gasteiger partial charge in [-0.1, -0.05) is 160 Å². The Bertz CT molecular complexity index is 3360. The van der Waals surface area contributed by atoms with E-state index < -0.39 is 5.41 Å². The van der Waals surface area contributed by atoms with Crippen molar-refractivity contribution < 1.29 is 21.1 Å². The second kappa shape index (κ2) is 15.9. The van der Waals surface area contributed by atoms with Gasteiger partial charge in [-0.05, 0) is 85.6 Å². The summed E-state index contributed by atoms with van der Waals surface area (Å²) in [7, 11) is 0. The summed E-state index contributed by atoms with van der Waals surface area (Å²) >= 11 is 0. The Balaban J connectivity index is 0.00000469. The molecular weight excluding hydrogens is 972 g/mol. The van der Waals surface area contributed by atoms with Gasteiger partial charge in [0.2, 0.25) is 0 Å². The van der Waals surface area contributed by atoms with E-state index in [4.69, 9.17) is 4.98 Å². The Morgan fingerprint density at radius 2 is 1.23 bits per heavy atom. The van der Waals surface area contributed by atoms with Crippen molar-refractivity contribution in [1.29, 1.82) is 0 Å². The van der Waals surface area contributed by atoms with E-state index in [0.717, 1.165) is 51.3 Å². The number of hydrogen-bond donors (Lipinski definition) is 0. The van der Waals surface area contributed by atoms with E-state index in [0.29, 0.717) is 0 Å². The molecule has 2 aromatic heterocycles. The quantitative estimate of drug-likeness (QED) is 0.149. The van der Waals surface area contributed by atoms with Crippen molar-refractivity contribution in [2.24, 2.45) is 0 Å². The fourth-order valence-corrected chi connectivity index (χ4v) is 10.3. The van der Waals surface area contributed by atoms with Gasteiger partial charge < -0.3 is 14.4 Å². The number of aromatic nitrogens is 2. The van der Waals surface area contributed by atoms with E-state index in [1.807, 2.05) is 6.20 Å². The Labute approximate surface area is 395 Å². The first kappa shape index (κ1) is 40.8. The van der Waals surface area contributed by atoms with Crippen LogP contribution in [0.2, 0.25) is 0 Å². The Morgan fingerprint density at radius 1 is 0.569 bits per heavy atom. The molecule has 1 aliphatic heterocycles. The minimum absolute atomic E-state index is 0. The van der Waals surface area contributed by atoms with E-state index in [1.165, 1.54) is 55.6 Å². The predicted octanol–water partition coefficient (Wildman–Crippen LogP) is 14.4. The van der Waals surface area contributed by atoms with Crippen molar-refractivity contribution in [3.8, 4) is 28.1 Å². The molecule has 12 rings (SSSR count). The molecule has 0 spiro atoms. The number of rotatable bonds is 7. The second-order valence-electron chi connectivity index (χ2n) is 18.1. The number of nitrogens with zero attached hydrogens (tertiary/aromatic N) is 4. The van der Waals surface area contributed by atoms with Gasteiger partial charge in [0.15, 0.2) is 0 Å². The van der Waals surface area contributed by atoms with E-state index >= 15 is 0 Å². The van der Waals surface area contributed by atoms with Crippen LogP contribution < -0.4 is 9.80 Å². The summed E-state index contributed by atoms with van der Waals surface area (Å²) in [6.07, 6.45) is 1.95. The smallest absolute Gasteiger partial charge is 0.135 e. The maximum Gasteiger partial charge on any atom is 0.135 e. The van der Waals surface area contributed by atoms with Crippen molar-refractivity contribution in [1.82, 2.24) is 9.55 Å². The second-order valence-corrected chi connectivity index (χ2v) is 18.1. The fourth-order valence-electron chi connectivity index (χ4n) is 10.3. The van der Waals surface area contributed by atoms with Crippen LogP contribution in [0.5, 0.6) is 0 Å². The van der Waals surface area contributed by atoms with Crippen LogP contribution >= 0.6 is 0 Å². The third kappa shape index (κ3) is 6.57. The molecule has 4 nitrogen and oxygen atoms in total. The van der Waals surface area contributed by atoms with Gasteiger partial charge in [0.25, 0.3) is 0 Å². The number of pyridine rings is 1. The predicted molar refractivity (Wildman–Crippen MR) is 263 cm³/mol. The van der Waals surface area contributed by atoms with Gasteiger partial charge in [-0.15, -0.1) is 22.2 Å². The summed E-state index contributed by atoms with van der Waals surface area (Å²) in [6, 6.07) is 78.6. The van der Waals surface area contributed by atoms with Crippen LogP contribution in [0.15, 0.2) is 200 Å². The molecule has 1 aliphatic carbocycles. The maximum atomic E-state index is 5.08. The summed E-state index contributed by atoms with van der Waals surface area (Å²) < 4.78 is 2.33. The average Bonchev–Trinajstić information content (AvgIpc) is 3.98. The molecule has 0 atom stereocenters. The molecule has 5 heteroatoms. The van der Waals surface area contributed by atoms with Crippen molar-refractivity contribution in [2.75, 3.05) is 9.80 Å². The maximum absolute atomic E-state index is 5.08. The van der Waals surface area contributed by atoms with Crippen LogP contribution in [-0.2, 0) is 38.4 Å². The summed E-state index contributed by atoms with van der Waals surface area (Å²) in [6.45, 7) is 9.78. The Hall–Kier alpha value is -7.00. The van der Waals surface area contributed by atoms with Gasteiger partial charge in [0.1, 0.15) is 5.82 Å². The standard InChI is InChI=1S/C60H45N4.Pt/c1-59(2,3)44-33-34-61-58(38-44)64-54-32-29-43(42-19-8-5-9-20-42)35-51(54)50-31-30-46(37-57(50)64)60(52-25-12-10-23-48(52)49-24-11-13-26-53(49)60)45-21-16-22-47(36-45)63-40-62(39-41-17-6-4-7-18-41)55-27-14-15-28-56(55)63;/h4-35,38,40H,39H2,1-3H3;/q-3;. The molecule has 0 saturated carbocycles. The monoisotopic (exact) mass is 1020 g/mol. The van der Waals surface area contributed by atoms with E-state index in [9.17, 15) is 0 Å². The molecule has 8 aromatic carbocycles. The third-order valence-corrected chi connectivity index (χ3v) is 13.3. The molecule has 65 heavy (non-hydrogen) atoms. The van der Waals surface area contributed by atoms with Crippen LogP contribution in [0.25, 0.3) is 49.9 Å². The molecule has 10 aromatic rings. The zero-order chi connectivity index (χ0) is 43.0. The first-order valence-corrected chi connectivity index (χ1v) is 22.2. The van der Waals surface area contributed by atoms with Gasteiger partial charge in [-0.25, -0.2) is 4.98 Å². The van der Waals surface area contributed by atoms with E-state index in [1.54, 1.807) is 0 Å². The summed E-state index contributed by atoms with van der Waals surface area (Å²) in [5, 5.41) is 2.30. The molecule has 0 bridgehead atoms. The Kier molecular flexibility index (Phi) is 9.97. The van der Waals surface area contributed by atoms with Crippen molar-refractivity contribution >= 4 is 38.9 Å². The SMILES string of the molecule is CC(C)(C)c1ccnc(-n2c3[c-]c(C4(c5[c-]c(N6[CH-]N(Cc7ccccc7)c7ccccc76)ccc5)c5ccccc5-c5ccccc54)ccc3c3cc(-c4ccccc4)ccc32)c1.[Pt]. The molecular formula is C60H45N4Pt-3. The first-order valence-electron chi connectivity index (χ1n) is 22.2. The summed E-state index contributed by atoms with van der Waals surface area (Å²) in [5.74, 6) is 0.881. The van der Waals surface area contributed by atoms with Gasteiger partial charge in [0.05, 0.1) is 0 Å². The number of fused-ring (bicyclic) bond motifs is 7. The van der Waals surface area contributed by atoms with Crippen LogP contribution in [-0.4, -0.2) is 9.55 Å². The Morgan fingerprint density at radius 3 is 1.97 bits per heavy atom. The molecule has 0 amide bonds. The van der Waals surface area contributed by atoms with Crippen molar-refractivity contribution in [2.45, 2.75) is 38.1 Å². The molecule has 3 heterocycles. The van der Waals surface area contributed by atoms with Gasteiger partial charge in [0, 0.05) is 56.1 Å². The summed E-state index contributed by atoms with van der Waals surface area (Å²) in [5.41, 5.74) is 16.4. The van der Waals surface area contributed by atoms with Crippen molar-refractivity contribution in [3.05, 3.63) is 253 Å². The zero-order valence-corrected chi connectivity index (χ0v) is 38.7. The average molecular weight is 1020 g/mol. The van der Waals surface area contributed by atoms with Crippen LogP contribution in [0.1, 0.15) is 54.2 Å². The topological polar surface area (TPSA) is 24.3 Å². The molecule has 2 aliphatic rings. The van der Waals surface area contributed by atoms with Crippen LogP contribution in [0.3, 0.4) is 0 Å². The number of hydrogen-bond acceptors (Lipinski definition) is 3. The molecule has 0 N–H and O–H groups in total. The molecule has 318 valence electrons. The molecule has 0 fully saturated rings. The number of anilines is 3. The van der Waals surface area contributed by atoms with Gasteiger partial charge >= 0.3 is 0 Å². The van der Waals surface area contributed by atoms with Gasteiger partial charge in [-0.3, -0.25) is 0 Å². The number of para-hydroxylation sites is 2. The van der Waals surface area contributed by atoms with Crippen LogP contribution in [0.4, 0.5) is 17.1 Å². The fraction of sp³-hybridized carbons (Fsp3) is 0.100. The van der Waals surface area contributed by atoms with Gasteiger partial charge in [-0.2, -0.15) is 49.1 Å². The first-order chi connectivity index (χ1) is 31.4. The van der Waals surface area contributed by atoms with E-state index in [2.05, 4.69) is 248 Å².